The monoisotopic (exact) mass is 470 g/mol. The summed E-state index contributed by atoms with van der Waals surface area (Å²) in [4.78, 5) is 25.1. The minimum atomic E-state index is -0.997. The SMILES string of the molecule is Cc1nc(C2CCN(c3ccc4ncnc([As])c4n3)C2)cc([As](C)C)n1. The molecule has 3 aromatic rings. The Labute approximate surface area is 166 Å². The number of hydrogen-bond donors (Lipinski definition) is 0. The first-order chi connectivity index (χ1) is 12.5. The molecule has 0 aromatic carbocycles. The molecular formula is C18H20As2N6. The predicted molar refractivity (Wildman–Crippen MR) is 106 cm³/mol. The number of hydrogen-bond acceptors (Lipinski definition) is 6. The Morgan fingerprint density at radius 1 is 1.15 bits per heavy atom. The minimum absolute atomic E-state index is 0.436. The van der Waals surface area contributed by atoms with Crippen LogP contribution in [0.2, 0.25) is 11.4 Å². The maximum atomic E-state index is 4.81. The van der Waals surface area contributed by atoms with Gasteiger partial charge in [-0.2, -0.15) is 0 Å². The van der Waals surface area contributed by atoms with Gasteiger partial charge in [0.05, 0.1) is 0 Å². The number of pyridine rings is 1. The average Bonchev–Trinajstić information content (AvgIpc) is 3.11. The second-order valence-electron chi connectivity index (χ2n) is 6.76. The third kappa shape index (κ3) is 3.50. The van der Waals surface area contributed by atoms with E-state index in [0.717, 1.165) is 46.7 Å². The van der Waals surface area contributed by atoms with Crippen molar-refractivity contribution in [1.82, 2.24) is 24.9 Å². The van der Waals surface area contributed by atoms with Crippen molar-refractivity contribution in [3.8, 4) is 0 Å². The molecule has 26 heavy (non-hydrogen) atoms. The van der Waals surface area contributed by atoms with Crippen molar-refractivity contribution in [2.75, 3.05) is 18.0 Å². The summed E-state index contributed by atoms with van der Waals surface area (Å²) in [6, 6.07) is 6.33. The van der Waals surface area contributed by atoms with Gasteiger partial charge in [-0.3, -0.25) is 0 Å². The Morgan fingerprint density at radius 3 is 2.81 bits per heavy atom. The van der Waals surface area contributed by atoms with E-state index in [1.54, 1.807) is 6.33 Å². The van der Waals surface area contributed by atoms with Crippen LogP contribution < -0.4 is 13.9 Å². The van der Waals surface area contributed by atoms with Crippen LogP contribution in [-0.2, 0) is 0 Å². The second kappa shape index (κ2) is 7.25. The molecule has 4 heterocycles. The summed E-state index contributed by atoms with van der Waals surface area (Å²) in [7, 11) is 0. The molecule has 1 aliphatic rings. The van der Waals surface area contributed by atoms with Gasteiger partial charge in [0.2, 0.25) is 0 Å². The first kappa shape index (κ1) is 17.9. The predicted octanol–water partition coefficient (Wildman–Crippen LogP) is 0.872. The molecule has 1 unspecified atom stereocenters. The van der Waals surface area contributed by atoms with E-state index in [9.17, 15) is 0 Å². The number of fused-ring (bicyclic) bond motifs is 1. The van der Waals surface area contributed by atoms with Crippen molar-refractivity contribution in [2.45, 2.75) is 30.7 Å². The van der Waals surface area contributed by atoms with Gasteiger partial charge >= 0.3 is 167 Å². The molecule has 3 aromatic heterocycles. The molecule has 132 valence electrons. The number of aromatic nitrogens is 5. The second-order valence-corrected chi connectivity index (χ2v) is 12.4. The fourth-order valence-electron chi connectivity index (χ4n) is 3.32. The van der Waals surface area contributed by atoms with Crippen LogP contribution in [0.15, 0.2) is 24.5 Å². The first-order valence-corrected chi connectivity index (χ1v) is 14.2. The van der Waals surface area contributed by atoms with Gasteiger partial charge in [0.25, 0.3) is 0 Å². The Bertz CT molecular complexity index is 962. The van der Waals surface area contributed by atoms with Crippen molar-refractivity contribution in [1.29, 1.82) is 0 Å². The zero-order chi connectivity index (χ0) is 18.3. The van der Waals surface area contributed by atoms with E-state index < -0.39 is 14.7 Å². The van der Waals surface area contributed by atoms with Crippen molar-refractivity contribution in [3.63, 3.8) is 0 Å². The molecule has 0 spiro atoms. The van der Waals surface area contributed by atoms with E-state index in [-0.39, 0.29) is 0 Å². The number of rotatable bonds is 3. The Balaban J connectivity index is 1.60. The molecule has 0 saturated carbocycles. The molecule has 1 saturated heterocycles. The molecule has 0 aliphatic carbocycles. The van der Waals surface area contributed by atoms with Crippen LogP contribution in [0.5, 0.6) is 0 Å². The van der Waals surface area contributed by atoms with Crippen LogP contribution >= 0.6 is 0 Å². The summed E-state index contributed by atoms with van der Waals surface area (Å²) >= 11 is 1.48. The fourth-order valence-corrected chi connectivity index (χ4v) is 5.31. The van der Waals surface area contributed by atoms with Crippen LogP contribution in [0, 0.1) is 6.92 Å². The molecule has 6 nitrogen and oxygen atoms in total. The van der Waals surface area contributed by atoms with E-state index in [1.165, 1.54) is 10.2 Å². The van der Waals surface area contributed by atoms with Gasteiger partial charge in [0.15, 0.2) is 0 Å². The Kier molecular flexibility index (Phi) is 4.98. The molecule has 1 fully saturated rings. The van der Waals surface area contributed by atoms with Crippen LogP contribution in [0.4, 0.5) is 5.82 Å². The Hall–Kier alpha value is -1.51. The topological polar surface area (TPSA) is 67.7 Å². The summed E-state index contributed by atoms with van der Waals surface area (Å²) in [6.45, 7) is 3.93. The number of aryl methyl sites for hydroxylation is 1. The summed E-state index contributed by atoms with van der Waals surface area (Å²) in [6.07, 6.45) is 2.67. The van der Waals surface area contributed by atoms with E-state index in [4.69, 9.17) is 9.97 Å². The quantitative estimate of drug-likeness (QED) is 0.530. The maximum absolute atomic E-state index is 4.81. The van der Waals surface area contributed by atoms with Gasteiger partial charge in [0.1, 0.15) is 0 Å². The summed E-state index contributed by atoms with van der Waals surface area (Å²) in [5.74, 6) is 2.33. The van der Waals surface area contributed by atoms with Gasteiger partial charge < -0.3 is 0 Å². The van der Waals surface area contributed by atoms with E-state index >= 15 is 0 Å². The fraction of sp³-hybridized carbons (Fsp3) is 0.389. The van der Waals surface area contributed by atoms with E-state index in [0.29, 0.717) is 5.92 Å². The zero-order valence-electron chi connectivity index (χ0n) is 15.1. The standard InChI is InChI=1S/C18H20As2N6/c1-11-23-14(8-15(24-11)20(2)3)12-6-7-26(9-12)16-5-4-13-17(25-16)18(19)22-10-21-13/h4-5,8,10,12H,6-7,9H2,1-3H3. The van der Waals surface area contributed by atoms with Gasteiger partial charge in [0, 0.05) is 0 Å². The van der Waals surface area contributed by atoms with Crippen LogP contribution in [0.1, 0.15) is 23.9 Å². The third-order valence-electron chi connectivity index (χ3n) is 4.68. The van der Waals surface area contributed by atoms with E-state index in [1.807, 2.05) is 13.0 Å². The molecule has 8 heteroatoms. The average molecular weight is 470 g/mol. The van der Waals surface area contributed by atoms with Gasteiger partial charge in [-0.25, -0.2) is 0 Å². The molecule has 0 bridgehead atoms. The zero-order valence-corrected chi connectivity index (χ0v) is 18.8. The Morgan fingerprint density at radius 2 is 2.00 bits per heavy atom. The van der Waals surface area contributed by atoms with Crippen LogP contribution in [0.3, 0.4) is 0 Å². The third-order valence-corrected chi connectivity index (χ3v) is 7.77. The van der Waals surface area contributed by atoms with Crippen molar-refractivity contribution >= 4 is 57.3 Å². The van der Waals surface area contributed by atoms with Crippen LogP contribution in [-0.4, -0.2) is 69.5 Å². The van der Waals surface area contributed by atoms with Crippen molar-refractivity contribution < 1.29 is 0 Å². The van der Waals surface area contributed by atoms with Gasteiger partial charge in [-0.15, -0.1) is 0 Å². The first-order valence-electron chi connectivity index (χ1n) is 8.60. The summed E-state index contributed by atoms with van der Waals surface area (Å²) in [5.41, 5.74) is 7.58. The van der Waals surface area contributed by atoms with E-state index in [2.05, 4.69) is 60.3 Å². The summed E-state index contributed by atoms with van der Waals surface area (Å²) < 4.78 is 2.13. The molecule has 0 amide bonds. The van der Waals surface area contributed by atoms with Crippen LogP contribution in [0.25, 0.3) is 11.0 Å². The van der Waals surface area contributed by atoms with Gasteiger partial charge in [-0.05, 0) is 0 Å². The molecular weight excluding hydrogens is 450 g/mol. The number of anilines is 1. The molecule has 1 atom stereocenters. The summed E-state index contributed by atoms with van der Waals surface area (Å²) in [5, 5.41) is 0. The van der Waals surface area contributed by atoms with Crippen molar-refractivity contribution in [2.24, 2.45) is 0 Å². The molecule has 1 aliphatic heterocycles. The molecule has 0 N–H and O–H groups in total. The normalized spacial score (nSPS) is 17.4. The molecule has 4 rings (SSSR count). The molecule has 2 radical (unpaired) electrons. The number of nitrogens with zero attached hydrogens (tertiary/aromatic N) is 6. The van der Waals surface area contributed by atoms with Crippen molar-refractivity contribution in [3.05, 3.63) is 36.0 Å². The van der Waals surface area contributed by atoms with Gasteiger partial charge in [-0.1, -0.05) is 0 Å².